The largest absolute Gasteiger partial charge is 0.316 e. The summed E-state index contributed by atoms with van der Waals surface area (Å²) in [5.41, 5.74) is 1.17. The van der Waals surface area contributed by atoms with Gasteiger partial charge in [-0.15, -0.1) is 0 Å². The number of benzene rings is 1. The molecule has 3 rings (SSSR count). The Morgan fingerprint density at radius 2 is 2.20 bits per heavy atom. The summed E-state index contributed by atoms with van der Waals surface area (Å²) in [6.45, 7) is 1.84. The molecular formula is C15H16FN3O. The van der Waals surface area contributed by atoms with Gasteiger partial charge in [0.1, 0.15) is 11.6 Å². The van der Waals surface area contributed by atoms with Gasteiger partial charge in [0.15, 0.2) is 0 Å². The highest BCUT2D eigenvalue weighted by atomic mass is 19.1. The van der Waals surface area contributed by atoms with Gasteiger partial charge < -0.3 is 10.3 Å². The number of aromatic nitrogens is 2. The molecule has 0 spiro atoms. The third-order valence-corrected chi connectivity index (χ3v) is 3.57. The van der Waals surface area contributed by atoms with Crippen LogP contribution in [0, 0.1) is 5.82 Å². The van der Waals surface area contributed by atoms with Gasteiger partial charge in [0.2, 0.25) is 0 Å². The zero-order chi connectivity index (χ0) is 13.9. The lowest BCUT2D eigenvalue weighted by molar-refractivity contribution is 0.454. The molecule has 2 heterocycles. The fraction of sp³-hybridized carbons (Fsp3) is 0.333. The summed E-state index contributed by atoms with van der Waals surface area (Å²) < 4.78 is 13.3. The van der Waals surface area contributed by atoms with E-state index in [1.165, 1.54) is 12.1 Å². The molecule has 1 aromatic heterocycles. The summed E-state index contributed by atoms with van der Waals surface area (Å²) in [5, 5.41) is 3.31. The first-order valence-corrected chi connectivity index (χ1v) is 6.80. The van der Waals surface area contributed by atoms with Crippen LogP contribution in [0.3, 0.4) is 0 Å². The number of piperidine rings is 1. The minimum absolute atomic E-state index is 0.195. The van der Waals surface area contributed by atoms with Crippen LogP contribution in [0.5, 0.6) is 0 Å². The third kappa shape index (κ3) is 2.77. The number of rotatable bonds is 2. The first-order valence-electron chi connectivity index (χ1n) is 6.80. The average Bonchev–Trinajstić information content (AvgIpc) is 2.47. The van der Waals surface area contributed by atoms with Crippen molar-refractivity contribution in [1.82, 2.24) is 15.3 Å². The van der Waals surface area contributed by atoms with Gasteiger partial charge in [-0.05, 0) is 31.5 Å². The zero-order valence-corrected chi connectivity index (χ0v) is 11.0. The van der Waals surface area contributed by atoms with Crippen LogP contribution in [0.2, 0.25) is 0 Å². The molecule has 2 aromatic rings. The number of halogens is 1. The van der Waals surface area contributed by atoms with E-state index in [1.807, 2.05) is 0 Å². The summed E-state index contributed by atoms with van der Waals surface area (Å²) in [7, 11) is 0. The van der Waals surface area contributed by atoms with Gasteiger partial charge in [-0.2, -0.15) is 0 Å². The Hall–Kier alpha value is -2.01. The van der Waals surface area contributed by atoms with Crippen molar-refractivity contribution >= 4 is 0 Å². The lowest BCUT2D eigenvalue weighted by atomic mass is 9.96. The molecule has 4 nitrogen and oxygen atoms in total. The Morgan fingerprint density at radius 3 is 2.95 bits per heavy atom. The Balaban J connectivity index is 2.00. The van der Waals surface area contributed by atoms with Crippen LogP contribution < -0.4 is 10.9 Å². The van der Waals surface area contributed by atoms with E-state index in [-0.39, 0.29) is 17.3 Å². The Morgan fingerprint density at radius 1 is 1.30 bits per heavy atom. The minimum atomic E-state index is -0.338. The summed E-state index contributed by atoms with van der Waals surface area (Å²) in [4.78, 5) is 19.0. The predicted octanol–water partition coefficient (Wildman–Crippen LogP) is 2.04. The van der Waals surface area contributed by atoms with Gasteiger partial charge in [-0.1, -0.05) is 12.1 Å². The smallest absolute Gasteiger partial charge is 0.251 e. The molecule has 0 bridgehead atoms. The van der Waals surface area contributed by atoms with Crippen molar-refractivity contribution in [1.29, 1.82) is 0 Å². The first kappa shape index (κ1) is 13.0. The maximum Gasteiger partial charge on any atom is 0.251 e. The van der Waals surface area contributed by atoms with Gasteiger partial charge in [0, 0.05) is 24.1 Å². The third-order valence-electron chi connectivity index (χ3n) is 3.57. The highest BCUT2D eigenvalue weighted by molar-refractivity contribution is 5.54. The molecule has 20 heavy (non-hydrogen) atoms. The molecular weight excluding hydrogens is 257 g/mol. The van der Waals surface area contributed by atoms with E-state index in [9.17, 15) is 9.18 Å². The van der Waals surface area contributed by atoms with Crippen molar-refractivity contribution in [2.24, 2.45) is 0 Å². The Bertz CT molecular complexity index is 662. The van der Waals surface area contributed by atoms with E-state index in [4.69, 9.17) is 0 Å². The van der Waals surface area contributed by atoms with E-state index in [0.29, 0.717) is 11.4 Å². The van der Waals surface area contributed by atoms with E-state index < -0.39 is 0 Å². The van der Waals surface area contributed by atoms with E-state index >= 15 is 0 Å². The fourth-order valence-corrected chi connectivity index (χ4v) is 2.56. The first-order chi connectivity index (χ1) is 9.72. The van der Waals surface area contributed by atoms with Gasteiger partial charge in [-0.25, -0.2) is 9.37 Å². The molecule has 1 atom stereocenters. The maximum atomic E-state index is 13.3. The molecule has 1 aliphatic heterocycles. The molecule has 0 aliphatic carbocycles. The van der Waals surface area contributed by atoms with Crippen LogP contribution in [0.4, 0.5) is 4.39 Å². The van der Waals surface area contributed by atoms with Crippen molar-refractivity contribution in [3.05, 3.63) is 52.2 Å². The standard InChI is InChI=1S/C15H16FN3O/c16-12-5-1-3-10(7-12)15-18-13(8-14(20)19-15)11-4-2-6-17-9-11/h1,3,5,7-8,11,17H,2,4,6,9H2,(H,18,19,20). The van der Waals surface area contributed by atoms with Crippen molar-refractivity contribution in [2.45, 2.75) is 18.8 Å². The highest BCUT2D eigenvalue weighted by Gasteiger charge is 2.18. The summed E-state index contributed by atoms with van der Waals surface area (Å²) >= 11 is 0. The second-order valence-electron chi connectivity index (χ2n) is 5.07. The highest BCUT2D eigenvalue weighted by Crippen LogP contribution is 2.22. The quantitative estimate of drug-likeness (QED) is 0.880. The lowest BCUT2D eigenvalue weighted by Crippen LogP contribution is -2.29. The van der Waals surface area contributed by atoms with Crippen LogP contribution in [0.1, 0.15) is 24.5 Å². The molecule has 1 aliphatic rings. The Labute approximate surface area is 116 Å². The lowest BCUT2D eigenvalue weighted by Gasteiger charge is -2.22. The number of nitrogens with zero attached hydrogens (tertiary/aromatic N) is 1. The molecule has 2 N–H and O–H groups in total. The molecule has 1 fully saturated rings. The average molecular weight is 273 g/mol. The van der Waals surface area contributed by atoms with Crippen LogP contribution >= 0.6 is 0 Å². The fourth-order valence-electron chi connectivity index (χ4n) is 2.56. The van der Waals surface area contributed by atoms with Crippen molar-refractivity contribution in [3.8, 4) is 11.4 Å². The summed E-state index contributed by atoms with van der Waals surface area (Å²) in [6.07, 6.45) is 2.10. The maximum absolute atomic E-state index is 13.3. The molecule has 0 saturated carbocycles. The summed E-state index contributed by atoms with van der Waals surface area (Å²) in [6, 6.07) is 7.64. The van der Waals surface area contributed by atoms with Gasteiger partial charge in [-0.3, -0.25) is 4.79 Å². The number of nitrogens with one attached hydrogen (secondary N) is 2. The topological polar surface area (TPSA) is 57.8 Å². The SMILES string of the molecule is O=c1cc(C2CCCNC2)nc(-c2cccc(F)c2)[nH]1. The Kier molecular flexibility index (Phi) is 3.60. The van der Waals surface area contributed by atoms with Gasteiger partial charge in [0.05, 0.1) is 5.69 Å². The van der Waals surface area contributed by atoms with Crippen molar-refractivity contribution in [2.75, 3.05) is 13.1 Å². The molecule has 1 saturated heterocycles. The molecule has 1 aromatic carbocycles. The van der Waals surface area contributed by atoms with Crippen LogP contribution in [0.25, 0.3) is 11.4 Å². The van der Waals surface area contributed by atoms with Crippen molar-refractivity contribution in [3.63, 3.8) is 0 Å². The van der Waals surface area contributed by atoms with E-state index in [0.717, 1.165) is 31.6 Å². The zero-order valence-electron chi connectivity index (χ0n) is 11.0. The van der Waals surface area contributed by atoms with Crippen molar-refractivity contribution < 1.29 is 4.39 Å². The normalized spacial score (nSPS) is 18.9. The van der Waals surface area contributed by atoms with E-state index in [2.05, 4.69) is 15.3 Å². The molecule has 104 valence electrons. The molecule has 5 heteroatoms. The molecule has 1 unspecified atom stereocenters. The minimum Gasteiger partial charge on any atom is -0.316 e. The monoisotopic (exact) mass is 273 g/mol. The van der Waals surface area contributed by atoms with Crippen LogP contribution in [-0.2, 0) is 0 Å². The number of aromatic amines is 1. The number of hydrogen-bond donors (Lipinski definition) is 2. The second-order valence-corrected chi connectivity index (χ2v) is 5.07. The van der Waals surface area contributed by atoms with Crippen LogP contribution in [-0.4, -0.2) is 23.1 Å². The van der Waals surface area contributed by atoms with E-state index in [1.54, 1.807) is 18.2 Å². The predicted molar refractivity (Wildman–Crippen MR) is 75.1 cm³/mol. The molecule has 0 radical (unpaired) electrons. The second kappa shape index (κ2) is 5.54. The van der Waals surface area contributed by atoms with Gasteiger partial charge in [0.25, 0.3) is 5.56 Å². The number of H-pyrrole nitrogens is 1. The summed E-state index contributed by atoms with van der Waals surface area (Å²) in [5.74, 6) is 0.339. The van der Waals surface area contributed by atoms with Gasteiger partial charge >= 0.3 is 0 Å². The number of hydrogen-bond acceptors (Lipinski definition) is 3. The molecule has 0 amide bonds. The van der Waals surface area contributed by atoms with Crippen LogP contribution in [0.15, 0.2) is 35.1 Å².